The second-order valence-electron chi connectivity index (χ2n) is 4.83. The molecular formula is C13H19NO. The molecule has 1 fully saturated rings. The molecule has 2 rings (SSSR count). The van der Waals surface area contributed by atoms with Crippen LogP contribution in [0.2, 0.25) is 0 Å². The van der Waals surface area contributed by atoms with E-state index in [2.05, 4.69) is 26.0 Å². The molecule has 1 aliphatic carbocycles. The first kappa shape index (κ1) is 10.5. The van der Waals surface area contributed by atoms with Crippen molar-refractivity contribution in [3.8, 4) is 5.75 Å². The van der Waals surface area contributed by atoms with Gasteiger partial charge in [-0.25, -0.2) is 0 Å². The van der Waals surface area contributed by atoms with E-state index in [0.29, 0.717) is 18.6 Å². The van der Waals surface area contributed by atoms with E-state index >= 15 is 0 Å². The third-order valence-electron chi connectivity index (χ3n) is 3.46. The second-order valence-corrected chi connectivity index (χ2v) is 4.83. The number of hydrogen-bond acceptors (Lipinski definition) is 2. The summed E-state index contributed by atoms with van der Waals surface area (Å²) in [6.45, 7) is 7.15. The standard InChI is InChI=1S/C13H19NO/c1-4-15-10-7-5-9(6-8-10)11-12(14)13(11,2)3/h5-8,11-12H,4,14H2,1-3H3. The predicted molar refractivity (Wildman–Crippen MR) is 62.1 cm³/mol. The SMILES string of the molecule is CCOc1ccc(C2C(N)C2(C)C)cc1. The van der Waals surface area contributed by atoms with Crippen molar-refractivity contribution >= 4 is 0 Å². The zero-order valence-corrected chi connectivity index (χ0v) is 9.66. The van der Waals surface area contributed by atoms with Crippen molar-refractivity contribution in [2.24, 2.45) is 11.1 Å². The molecule has 2 nitrogen and oxygen atoms in total. The molecule has 1 saturated carbocycles. The molecule has 0 aliphatic heterocycles. The quantitative estimate of drug-likeness (QED) is 0.823. The van der Waals surface area contributed by atoms with E-state index in [0.717, 1.165) is 5.75 Å². The molecule has 0 saturated heterocycles. The summed E-state index contributed by atoms with van der Waals surface area (Å²) in [5, 5.41) is 0. The van der Waals surface area contributed by atoms with E-state index < -0.39 is 0 Å². The summed E-state index contributed by atoms with van der Waals surface area (Å²) in [5.41, 5.74) is 7.63. The second kappa shape index (κ2) is 3.53. The van der Waals surface area contributed by atoms with Crippen LogP contribution in [0.25, 0.3) is 0 Å². The fraction of sp³-hybridized carbons (Fsp3) is 0.538. The van der Waals surface area contributed by atoms with Crippen LogP contribution < -0.4 is 10.5 Å². The van der Waals surface area contributed by atoms with E-state index in [4.69, 9.17) is 10.5 Å². The minimum absolute atomic E-state index is 0.257. The maximum Gasteiger partial charge on any atom is 0.119 e. The molecular weight excluding hydrogens is 186 g/mol. The van der Waals surface area contributed by atoms with Crippen molar-refractivity contribution in [3.63, 3.8) is 0 Å². The Hall–Kier alpha value is -1.02. The number of benzene rings is 1. The molecule has 82 valence electrons. The molecule has 0 radical (unpaired) electrons. The van der Waals surface area contributed by atoms with Gasteiger partial charge in [-0.15, -0.1) is 0 Å². The minimum atomic E-state index is 0.257. The van der Waals surface area contributed by atoms with Gasteiger partial charge in [0, 0.05) is 12.0 Å². The molecule has 0 bridgehead atoms. The largest absolute Gasteiger partial charge is 0.494 e. The first-order valence-corrected chi connectivity index (χ1v) is 5.55. The fourth-order valence-electron chi connectivity index (χ4n) is 2.25. The maximum absolute atomic E-state index is 6.04. The Morgan fingerprint density at radius 2 is 1.80 bits per heavy atom. The lowest BCUT2D eigenvalue weighted by molar-refractivity contribution is 0.340. The fourth-order valence-corrected chi connectivity index (χ4v) is 2.25. The van der Waals surface area contributed by atoms with Crippen LogP contribution in [-0.2, 0) is 0 Å². The normalized spacial score (nSPS) is 27.5. The maximum atomic E-state index is 6.04. The smallest absolute Gasteiger partial charge is 0.119 e. The van der Waals surface area contributed by atoms with Crippen LogP contribution in [0.1, 0.15) is 32.3 Å². The van der Waals surface area contributed by atoms with Crippen LogP contribution in [0.15, 0.2) is 24.3 Å². The average Bonchev–Trinajstić information content (AvgIpc) is 2.69. The van der Waals surface area contributed by atoms with Gasteiger partial charge in [-0.3, -0.25) is 0 Å². The lowest BCUT2D eigenvalue weighted by atomic mass is 10.0. The third-order valence-corrected chi connectivity index (χ3v) is 3.46. The van der Waals surface area contributed by atoms with Gasteiger partial charge in [0.15, 0.2) is 0 Å². The molecule has 2 atom stereocenters. The van der Waals surface area contributed by atoms with Gasteiger partial charge in [0.1, 0.15) is 5.75 Å². The zero-order valence-electron chi connectivity index (χ0n) is 9.66. The van der Waals surface area contributed by atoms with Gasteiger partial charge >= 0.3 is 0 Å². The molecule has 0 aromatic heterocycles. The summed E-state index contributed by atoms with van der Waals surface area (Å²) in [4.78, 5) is 0. The Labute approximate surface area is 91.4 Å². The summed E-state index contributed by atoms with van der Waals surface area (Å²) in [6, 6.07) is 8.62. The highest BCUT2D eigenvalue weighted by Gasteiger charge is 2.55. The molecule has 1 aliphatic rings. The first-order chi connectivity index (χ1) is 7.07. The third kappa shape index (κ3) is 1.74. The van der Waals surface area contributed by atoms with Crippen LogP contribution >= 0.6 is 0 Å². The summed E-state index contributed by atoms with van der Waals surface area (Å²) in [7, 11) is 0. The first-order valence-electron chi connectivity index (χ1n) is 5.55. The summed E-state index contributed by atoms with van der Waals surface area (Å²) in [5.74, 6) is 1.45. The van der Waals surface area contributed by atoms with Crippen molar-refractivity contribution in [2.45, 2.75) is 32.7 Å². The lowest BCUT2D eigenvalue weighted by Crippen LogP contribution is -2.06. The highest BCUT2D eigenvalue weighted by atomic mass is 16.5. The number of hydrogen-bond donors (Lipinski definition) is 1. The van der Waals surface area contributed by atoms with E-state index in [9.17, 15) is 0 Å². The Bertz CT molecular complexity index is 342. The number of rotatable bonds is 3. The lowest BCUT2D eigenvalue weighted by Gasteiger charge is -2.05. The molecule has 2 heteroatoms. The topological polar surface area (TPSA) is 35.2 Å². The van der Waals surface area contributed by atoms with Gasteiger partial charge in [0.05, 0.1) is 6.61 Å². The van der Waals surface area contributed by atoms with Crippen LogP contribution in [0, 0.1) is 5.41 Å². The Kier molecular flexibility index (Phi) is 2.47. The van der Waals surface area contributed by atoms with Crippen molar-refractivity contribution in [3.05, 3.63) is 29.8 Å². The molecule has 2 unspecified atom stereocenters. The molecule has 1 aromatic carbocycles. The molecule has 0 spiro atoms. The zero-order chi connectivity index (χ0) is 11.1. The summed E-state index contributed by atoms with van der Waals surface area (Å²) < 4.78 is 5.41. The van der Waals surface area contributed by atoms with Gasteiger partial charge in [0.25, 0.3) is 0 Å². The average molecular weight is 205 g/mol. The summed E-state index contributed by atoms with van der Waals surface area (Å²) in [6.07, 6.45) is 0. The molecule has 15 heavy (non-hydrogen) atoms. The minimum Gasteiger partial charge on any atom is -0.494 e. The van der Waals surface area contributed by atoms with Crippen LogP contribution in [0.3, 0.4) is 0 Å². The van der Waals surface area contributed by atoms with Crippen molar-refractivity contribution in [1.29, 1.82) is 0 Å². The van der Waals surface area contributed by atoms with Crippen LogP contribution in [0.5, 0.6) is 5.75 Å². The monoisotopic (exact) mass is 205 g/mol. The predicted octanol–water partition coefficient (Wildman–Crippen LogP) is 2.54. The number of ether oxygens (including phenoxy) is 1. The van der Waals surface area contributed by atoms with Gasteiger partial charge < -0.3 is 10.5 Å². The van der Waals surface area contributed by atoms with Crippen LogP contribution in [-0.4, -0.2) is 12.6 Å². The molecule has 0 amide bonds. The molecule has 0 heterocycles. The Balaban J connectivity index is 2.12. The van der Waals surface area contributed by atoms with E-state index in [1.807, 2.05) is 19.1 Å². The van der Waals surface area contributed by atoms with Crippen molar-refractivity contribution in [1.82, 2.24) is 0 Å². The Morgan fingerprint density at radius 1 is 1.27 bits per heavy atom. The molecule has 1 aromatic rings. The summed E-state index contributed by atoms with van der Waals surface area (Å²) >= 11 is 0. The highest BCUT2D eigenvalue weighted by molar-refractivity contribution is 5.37. The van der Waals surface area contributed by atoms with Gasteiger partial charge in [0.2, 0.25) is 0 Å². The van der Waals surface area contributed by atoms with Crippen molar-refractivity contribution in [2.75, 3.05) is 6.61 Å². The Morgan fingerprint density at radius 3 is 2.20 bits per heavy atom. The van der Waals surface area contributed by atoms with E-state index in [-0.39, 0.29) is 5.41 Å². The van der Waals surface area contributed by atoms with E-state index in [1.54, 1.807) is 0 Å². The van der Waals surface area contributed by atoms with Crippen molar-refractivity contribution < 1.29 is 4.74 Å². The van der Waals surface area contributed by atoms with E-state index in [1.165, 1.54) is 5.56 Å². The molecule has 2 N–H and O–H groups in total. The highest BCUT2D eigenvalue weighted by Crippen LogP contribution is 2.57. The van der Waals surface area contributed by atoms with Crippen LogP contribution in [0.4, 0.5) is 0 Å². The van der Waals surface area contributed by atoms with Gasteiger partial charge in [-0.05, 0) is 30.0 Å². The van der Waals surface area contributed by atoms with Gasteiger partial charge in [-0.1, -0.05) is 26.0 Å². The van der Waals surface area contributed by atoms with Gasteiger partial charge in [-0.2, -0.15) is 0 Å². The number of nitrogens with two attached hydrogens (primary N) is 1.